The molecule has 0 saturated heterocycles. The smallest absolute Gasteiger partial charge is 0.266 e. The van der Waals surface area contributed by atoms with Gasteiger partial charge in [0.25, 0.3) is 5.91 Å². The number of benzene rings is 3. The zero-order valence-corrected chi connectivity index (χ0v) is 20.4. The number of aromatic nitrogens is 2. The Bertz CT molecular complexity index is 1580. The Balaban J connectivity index is 1.39. The molecule has 0 unspecified atom stereocenters. The van der Waals surface area contributed by atoms with Crippen LogP contribution in [0.2, 0.25) is 0 Å². The van der Waals surface area contributed by atoms with Crippen LogP contribution in [0.4, 0.5) is 5.69 Å². The minimum absolute atomic E-state index is 0.139. The van der Waals surface area contributed by atoms with E-state index in [0.717, 1.165) is 38.8 Å². The minimum Gasteiger partial charge on any atom is -0.266 e. The molecule has 3 heterocycles. The number of carbonyl (C=O) groups is 1. The van der Waals surface area contributed by atoms with E-state index in [-0.39, 0.29) is 5.91 Å². The van der Waals surface area contributed by atoms with Crippen LogP contribution in [-0.2, 0) is 4.79 Å². The number of anilines is 1. The summed E-state index contributed by atoms with van der Waals surface area (Å²) < 4.78 is 1.95. The highest BCUT2D eigenvalue weighted by atomic mass is 32.1. The molecule has 0 spiro atoms. The monoisotopic (exact) mass is 486 g/mol. The maximum Gasteiger partial charge on any atom is 0.282 e. The number of nitrogens with zero attached hydrogens (tertiary/aromatic N) is 4. The predicted octanol–water partition coefficient (Wildman–Crippen LogP) is 6.74. The third-order valence-corrected chi connectivity index (χ3v) is 6.79. The molecule has 5 nitrogen and oxygen atoms in total. The van der Waals surface area contributed by atoms with Crippen LogP contribution in [0.3, 0.4) is 0 Å². The molecule has 0 fully saturated rings. The van der Waals surface area contributed by atoms with Crippen LogP contribution >= 0.6 is 11.3 Å². The first-order valence-corrected chi connectivity index (χ1v) is 12.5. The molecule has 6 heteroatoms. The zero-order chi connectivity index (χ0) is 24.5. The van der Waals surface area contributed by atoms with Gasteiger partial charge in [0.05, 0.1) is 22.8 Å². The molecule has 5 aromatic rings. The van der Waals surface area contributed by atoms with Crippen LogP contribution in [0.25, 0.3) is 23.0 Å². The average molecular weight is 487 g/mol. The summed E-state index contributed by atoms with van der Waals surface area (Å²) in [6.07, 6.45) is 1.85. The van der Waals surface area contributed by atoms with Crippen LogP contribution in [-0.4, -0.2) is 21.5 Å². The second-order valence-electron chi connectivity index (χ2n) is 8.45. The van der Waals surface area contributed by atoms with Gasteiger partial charge >= 0.3 is 0 Å². The van der Waals surface area contributed by atoms with Crippen molar-refractivity contribution in [2.75, 3.05) is 4.90 Å². The van der Waals surface area contributed by atoms with Crippen LogP contribution in [0.15, 0.2) is 119 Å². The topological polar surface area (TPSA) is 50.5 Å². The van der Waals surface area contributed by atoms with Gasteiger partial charge in [-0.2, -0.15) is 5.10 Å². The molecule has 0 radical (unpaired) electrons. The molecule has 1 amide bonds. The summed E-state index contributed by atoms with van der Waals surface area (Å²) in [7, 11) is 0. The highest BCUT2D eigenvalue weighted by molar-refractivity contribution is 7.10. The van der Waals surface area contributed by atoms with Crippen LogP contribution < -0.4 is 4.90 Å². The quantitative estimate of drug-likeness (QED) is 0.258. The fourth-order valence-corrected chi connectivity index (χ4v) is 4.95. The molecular weight excluding hydrogens is 464 g/mol. The number of aryl methyl sites for hydroxylation is 1. The van der Waals surface area contributed by atoms with Crippen molar-refractivity contribution in [1.29, 1.82) is 0 Å². The first-order valence-electron chi connectivity index (χ1n) is 11.6. The maximum absolute atomic E-state index is 13.5. The number of thiophene rings is 1. The zero-order valence-electron chi connectivity index (χ0n) is 19.6. The number of hydrogen-bond acceptors (Lipinski definition) is 4. The largest absolute Gasteiger partial charge is 0.282 e. The Morgan fingerprint density at radius 2 is 1.50 bits per heavy atom. The van der Waals surface area contributed by atoms with Gasteiger partial charge in [-0.1, -0.05) is 66.7 Å². The molecule has 0 saturated carbocycles. The molecule has 6 rings (SSSR count). The van der Waals surface area contributed by atoms with E-state index in [2.05, 4.69) is 6.07 Å². The van der Waals surface area contributed by atoms with Gasteiger partial charge in [-0.3, -0.25) is 9.69 Å². The maximum atomic E-state index is 13.5. The fourth-order valence-electron chi connectivity index (χ4n) is 4.30. The van der Waals surface area contributed by atoms with Gasteiger partial charge < -0.3 is 0 Å². The highest BCUT2D eigenvalue weighted by Gasteiger charge is 2.32. The molecular formula is C30H22N4OS. The van der Waals surface area contributed by atoms with Gasteiger partial charge in [0.2, 0.25) is 0 Å². The Morgan fingerprint density at radius 3 is 2.19 bits per heavy atom. The summed E-state index contributed by atoms with van der Waals surface area (Å²) in [5, 5.41) is 6.68. The molecule has 1 aliphatic heterocycles. The van der Waals surface area contributed by atoms with Crippen molar-refractivity contribution in [3.63, 3.8) is 0 Å². The molecule has 0 aliphatic carbocycles. The predicted molar refractivity (Wildman–Crippen MR) is 146 cm³/mol. The Hall–Kier alpha value is -4.55. The van der Waals surface area contributed by atoms with Gasteiger partial charge in [-0.05, 0) is 54.8 Å². The summed E-state index contributed by atoms with van der Waals surface area (Å²) in [6, 6.07) is 33.9. The van der Waals surface area contributed by atoms with Crippen LogP contribution in [0, 0.1) is 6.92 Å². The van der Waals surface area contributed by atoms with Crippen molar-refractivity contribution in [1.82, 2.24) is 9.78 Å². The number of rotatable bonds is 5. The lowest BCUT2D eigenvalue weighted by atomic mass is 10.1. The van der Waals surface area contributed by atoms with E-state index in [1.165, 1.54) is 0 Å². The fraction of sp³-hybridized carbons (Fsp3) is 0.0333. The second kappa shape index (κ2) is 9.24. The van der Waals surface area contributed by atoms with E-state index in [9.17, 15) is 4.79 Å². The number of aliphatic imine (C=N–C) groups is 1. The van der Waals surface area contributed by atoms with Gasteiger partial charge in [-0.15, -0.1) is 11.3 Å². The number of amides is 1. The highest BCUT2D eigenvalue weighted by Crippen LogP contribution is 2.31. The van der Waals surface area contributed by atoms with Gasteiger partial charge in [-0.25, -0.2) is 9.67 Å². The molecule has 1 aliphatic rings. The van der Waals surface area contributed by atoms with Crippen molar-refractivity contribution >= 4 is 34.8 Å². The first kappa shape index (κ1) is 21.9. The molecule has 0 N–H and O–H groups in total. The molecule has 2 aromatic heterocycles. The van der Waals surface area contributed by atoms with Crippen molar-refractivity contribution in [2.24, 2.45) is 4.99 Å². The Kier molecular flexibility index (Phi) is 5.64. The summed E-state index contributed by atoms with van der Waals surface area (Å²) in [6.45, 7) is 1.99. The summed E-state index contributed by atoms with van der Waals surface area (Å²) in [5.41, 5.74) is 6.04. The Labute approximate surface area is 213 Å². The molecule has 0 atom stereocenters. The van der Waals surface area contributed by atoms with Crippen molar-refractivity contribution in [3.8, 4) is 16.9 Å². The molecule has 174 valence electrons. The van der Waals surface area contributed by atoms with Gasteiger partial charge in [0.1, 0.15) is 11.5 Å². The standard InChI is InChI=1S/C30H22N4OS/c1-21-19-28(34(32-21)25-11-6-3-7-12-25)22-14-16-24(17-15-22)33-29(23-9-4-2-5-10-23)31-27(30(33)35)20-26-13-8-18-36-26/h2-20H,1H3/b27-20-. The molecule has 36 heavy (non-hydrogen) atoms. The third kappa shape index (κ3) is 4.08. The van der Waals surface area contributed by atoms with E-state index in [0.29, 0.717) is 11.5 Å². The summed E-state index contributed by atoms with van der Waals surface area (Å²) in [4.78, 5) is 21.0. The van der Waals surface area contributed by atoms with E-state index in [1.807, 2.05) is 120 Å². The van der Waals surface area contributed by atoms with Crippen molar-refractivity contribution in [2.45, 2.75) is 6.92 Å². The number of para-hydroxylation sites is 1. The van der Waals surface area contributed by atoms with E-state index >= 15 is 0 Å². The van der Waals surface area contributed by atoms with Crippen LogP contribution in [0.5, 0.6) is 0 Å². The number of carbonyl (C=O) groups excluding carboxylic acids is 1. The lowest BCUT2D eigenvalue weighted by Crippen LogP contribution is -2.32. The molecule has 0 bridgehead atoms. The third-order valence-electron chi connectivity index (χ3n) is 5.97. The summed E-state index contributed by atoms with van der Waals surface area (Å²) in [5.74, 6) is 0.488. The first-order chi connectivity index (χ1) is 17.7. The average Bonchev–Trinajstić information content (AvgIpc) is 3.65. The van der Waals surface area contributed by atoms with E-state index in [1.54, 1.807) is 16.2 Å². The lowest BCUT2D eigenvalue weighted by Gasteiger charge is -2.19. The van der Waals surface area contributed by atoms with E-state index in [4.69, 9.17) is 10.1 Å². The van der Waals surface area contributed by atoms with Crippen molar-refractivity contribution in [3.05, 3.63) is 130 Å². The van der Waals surface area contributed by atoms with Crippen LogP contribution in [0.1, 0.15) is 16.1 Å². The van der Waals surface area contributed by atoms with Crippen molar-refractivity contribution < 1.29 is 4.79 Å². The molecule has 3 aromatic carbocycles. The SMILES string of the molecule is Cc1cc(-c2ccc(N3C(=O)/C(=C/c4cccs4)N=C3c3ccccc3)cc2)n(-c2ccccc2)n1. The normalized spacial score (nSPS) is 14.5. The summed E-state index contributed by atoms with van der Waals surface area (Å²) >= 11 is 1.58. The minimum atomic E-state index is -0.139. The van der Waals surface area contributed by atoms with Gasteiger partial charge in [0, 0.05) is 16.0 Å². The lowest BCUT2D eigenvalue weighted by molar-refractivity contribution is -0.113. The Morgan fingerprint density at radius 1 is 0.778 bits per heavy atom. The van der Waals surface area contributed by atoms with Gasteiger partial charge in [0.15, 0.2) is 0 Å². The second-order valence-corrected chi connectivity index (χ2v) is 9.43. The number of amidine groups is 1. The van der Waals surface area contributed by atoms with E-state index < -0.39 is 0 Å². The number of hydrogen-bond donors (Lipinski definition) is 0.